The van der Waals surface area contributed by atoms with Crippen molar-refractivity contribution < 1.29 is 48.0 Å². The number of carbonyl (C=O) groups excluding carboxylic acids is 4. The van der Waals surface area contributed by atoms with E-state index in [1.807, 2.05) is 62.7 Å². The third-order valence-electron chi connectivity index (χ3n) is 12.8. The Morgan fingerprint density at radius 3 is 2.36 bits per heavy atom. The fourth-order valence-corrected chi connectivity index (χ4v) is 9.43. The number of likely N-dealkylation sites (N-methyl/N-ethyl adjacent to an activating group) is 1. The summed E-state index contributed by atoms with van der Waals surface area (Å²) < 4.78 is 33.2. The van der Waals surface area contributed by atoms with Crippen molar-refractivity contribution in [1.29, 1.82) is 0 Å². The van der Waals surface area contributed by atoms with Crippen LogP contribution in [0.5, 0.6) is 0 Å². The van der Waals surface area contributed by atoms with Crippen molar-refractivity contribution in [3.8, 4) is 11.3 Å². The molecule has 3 aliphatic heterocycles. The summed E-state index contributed by atoms with van der Waals surface area (Å²) in [4.78, 5) is 69.0. The van der Waals surface area contributed by atoms with Gasteiger partial charge in [0, 0.05) is 68.1 Å². The molecule has 1 N–H and O–H groups in total. The van der Waals surface area contributed by atoms with Gasteiger partial charge in [-0.05, 0) is 86.0 Å². The first-order chi connectivity index (χ1) is 27.4. The molecule has 3 fully saturated rings. The van der Waals surface area contributed by atoms with Crippen molar-refractivity contribution in [3.05, 3.63) is 37.1 Å². The molecule has 58 heavy (non-hydrogen) atoms. The number of nitrogens with zero attached hydrogens (tertiary/aromatic N) is 5. The molecule has 0 radical (unpaired) electrons. The van der Waals surface area contributed by atoms with Crippen LogP contribution in [0.4, 0.5) is 4.79 Å². The Kier molecular flexibility index (Phi) is 14.6. The zero-order chi connectivity index (χ0) is 42.7. The zero-order valence-corrected chi connectivity index (χ0v) is 36.1. The van der Waals surface area contributed by atoms with Crippen molar-refractivity contribution >= 4 is 23.6 Å². The van der Waals surface area contributed by atoms with Crippen LogP contribution in [0, 0.1) is 23.7 Å². The van der Waals surface area contributed by atoms with Gasteiger partial charge >= 0.3 is 12.1 Å². The van der Waals surface area contributed by atoms with Crippen LogP contribution in [0.2, 0.25) is 0 Å². The Morgan fingerprint density at radius 1 is 1.02 bits per heavy atom. The molecule has 3 aliphatic rings. The van der Waals surface area contributed by atoms with E-state index >= 15 is 0 Å². The lowest BCUT2D eigenvalue weighted by Gasteiger charge is -2.47. The maximum atomic E-state index is 14.7. The molecule has 2 aromatic rings. The van der Waals surface area contributed by atoms with Crippen LogP contribution in [-0.4, -0.2) is 135 Å². The number of aliphatic hydroxyl groups excluding tert-OH is 1. The van der Waals surface area contributed by atoms with E-state index in [9.17, 15) is 24.3 Å². The van der Waals surface area contributed by atoms with Crippen molar-refractivity contribution in [2.75, 3.05) is 27.7 Å². The Bertz CT molecular complexity index is 1740. The Hall–Kier alpha value is -3.76. The van der Waals surface area contributed by atoms with Gasteiger partial charge in [0.15, 0.2) is 17.7 Å². The summed E-state index contributed by atoms with van der Waals surface area (Å²) >= 11 is 0. The lowest BCUT2D eigenvalue weighted by atomic mass is 9.73. The fourth-order valence-electron chi connectivity index (χ4n) is 9.43. The van der Waals surface area contributed by atoms with Gasteiger partial charge in [-0.3, -0.25) is 19.4 Å². The summed E-state index contributed by atoms with van der Waals surface area (Å²) in [6, 6.07) is 2.74. The van der Waals surface area contributed by atoms with Crippen LogP contribution in [0.25, 0.3) is 11.3 Å². The predicted molar refractivity (Wildman–Crippen MR) is 214 cm³/mol. The highest BCUT2D eigenvalue weighted by Gasteiger charge is 2.60. The van der Waals surface area contributed by atoms with Crippen LogP contribution in [-0.2, 0) is 44.6 Å². The highest BCUT2D eigenvalue weighted by atomic mass is 16.7. The van der Waals surface area contributed by atoms with Crippen LogP contribution in [0.1, 0.15) is 87.5 Å². The Labute approximate surface area is 343 Å². The number of aliphatic hydroxyl groups is 1. The molecular weight excluding hydrogens is 746 g/mol. The minimum absolute atomic E-state index is 0.130. The molecule has 3 unspecified atom stereocenters. The quantitative estimate of drug-likeness (QED) is 0.184. The number of hydrogen-bond donors (Lipinski definition) is 1. The first-order valence-corrected chi connectivity index (χ1v) is 20.8. The molecule has 0 aliphatic carbocycles. The maximum Gasteiger partial charge on any atom is 0.410 e. The molecule has 322 valence electrons. The van der Waals surface area contributed by atoms with E-state index in [-0.39, 0.29) is 30.8 Å². The van der Waals surface area contributed by atoms with Crippen LogP contribution in [0.15, 0.2) is 37.1 Å². The number of cyclic esters (lactones) is 1. The van der Waals surface area contributed by atoms with E-state index in [1.165, 1.54) is 14.0 Å². The first kappa shape index (κ1) is 45.3. The van der Waals surface area contributed by atoms with Gasteiger partial charge < -0.3 is 43.2 Å². The van der Waals surface area contributed by atoms with Gasteiger partial charge in [-0.15, -0.1) is 0 Å². The maximum absolute atomic E-state index is 14.7. The Morgan fingerprint density at radius 2 is 1.72 bits per heavy atom. The summed E-state index contributed by atoms with van der Waals surface area (Å²) in [6.45, 7) is 14.9. The third kappa shape index (κ3) is 9.33. The largest absolute Gasteiger partial charge is 0.458 e. The van der Waals surface area contributed by atoms with E-state index in [4.69, 9.17) is 23.7 Å². The van der Waals surface area contributed by atoms with Gasteiger partial charge in [-0.1, -0.05) is 27.7 Å². The second-order valence-electron chi connectivity index (χ2n) is 17.3. The van der Waals surface area contributed by atoms with Gasteiger partial charge in [-0.25, -0.2) is 9.78 Å². The average molecular weight is 812 g/mol. The summed E-state index contributed by atoms with van der Waals surface area (Å²) in [5.74, 6) is -4.95. The summed E-state index contributed by atoms with van der Waals surface area (Å²) in [5.41, 5.74) is -0.938. The van der Waals surface area contributed by atoms with Gasteiger partial charge in [0.05, 0.1) is 35.9 Å². The number of fused-ring (bicyclic) bond motifs is 1. The van der Waals surface area contributed by atoms with Crippen molar-refractivity contribution in [2.24, 2.45) is 23.7 Å². The minimum atomic E-state index is -1.40. The predicted octanol–water partition coefficient (Wildman–Crippen LogP) is 4.93. The van der Waals surface area contributed by atoms with Gasteiger partial charge in [0.2, 0.25) is 0 Å². The number of methoxy groups -OCH3 is 1. The number of aryl methyl sites for hydroxylation is 1. The molecule has 15 nitrogen and oxygen atoms in total. The summed E-state index contributed by atoms with van der Waals surface area (Å²) in [7, 11) is 5.24. The molecule has 0 aromatic carbocycles. The number of rotatable bonds is 11. The topological polar surface area (TPSA) is 172 Å². The molecule has 5 heterocycles. The normalized spacial score (nSPS) is 36.7. The number of aromatic nitrogens is 3. The lowest BCUT2D eigenvalue weighted by Crippen LogP contribution is -2.60. The fraction of sp³-hybridized carbons (Fsp3) is 0.721. The third-order valence-corrected chi connectivity index (χ3v) is 12.8. The molecule has 2 aromatic heterocycles. The molecular formula is C43H65N5O10. The standard InChI is InChI=1S/C43H65N5O10/c1-12-33-43(8)37(48(41(53)58-43)19-14-13-18-47-23-31(45-24-47)30-16-15-17-44-22-30)27(4)34(49)25(2)21-42(7,54-11)38(28(5)35(50)29(6)39(52)56-33)57-40-36(51)32(46(9)10)20-26(3)55-40/h15-17,22-29,32-33,36-38,40,51H,12-14,18-21H2,1-11H3/t25-,26?,27+,28+,29-,32?,33-,36?,37-,38-,40+,42-,43-/m1/s1. The second-order valence-corrected chi connectivity index (χ2v) is 17.3. The molecule has 1 amide bonds. The minimum Gasteiger partial charge on any atom is -0.458 e. The van der Waals surface area contributed by atoms with Crippen LogP contribution >= 0.6 is 0 Å². The zero-order valence-electron chi connectivity index (χ0n) is 36.1. The van der Waals surface area contributed by atoms with Crippen molar-refractivity contribution in [3.63, 3.8) is 0 Å². The van der Waals surface area contributed by atoms with E-state index in [2.05, 4.69) is 9.97 Å². The van der Waals surface area contributed by atoms with Crippen molar-refractivity contribution in [2.45, 2.75) is 148 Å². The highest BCUT2D eigenvalue weighted by molar-refractivity contribution is 6.00. The molecule has 5 rings (SSSR count). The molecule has 0 saturated carbocycles. The second kappa shape index (κ2) is 18.7. The molecule has 0 bridgehead atoms. The monoisotopic (exact) mass is 811 g/mol. The van der Waals surface area contributed by atoms with Gasteiger partial charge in [-0.2, -0.15) is 0 Å². The number of esters is 1. The molecule has 15 heteroatoms. The van der Waals surface area contributed by atoms with E-state index in [0.717, 1.165) is 11.3 Å². The molecule has 13 atom stereocenters. The molecule has 3 saturated heterocycles. The number of amides is 1. The van der Waals surface area contributed by atoms with Crippen LogP contribution in [0.3, 0.4) is 0 Å². The SMILES string of the molecule is CC[C@H]1OC(=O)[C@H](C)C(=O)[C@H](C)[C@@H](O[C@@H]2OC(C)CC(N(C)C)C2O)[C@](C)(OC)C[C@@H](C)C(=O)[C@H](C)[C@H]2N(CCCCn3cnc(-c4cccnc4)c3)C(=O)O[C@]12C. The van der Waals surface area contributed by atoms with Crippen LogP contribution < -0.4 is 0 Å². The number of imidazole rings is 1. The Balaban J connectivity index is 1.43. The average Bonchev–Trinajstić information content (AvgIpc) is 3.78. The molecule has 0 spiro atoms. The number of unbranched alkanes of at least 4 members (excludes halogenated alkanes) is 1. The number of ketones is 2. The van der Waals surface area contributed by atoms with E-state index < -0.39 is 83.4 Å². The van der Waals surface area contributed by atoms with Gasteiger partial charge in [0.1, 0.15) is 23.9 Å². The van der Waals surface area contributed by atoms with Gasteiger partial charge in [0.25, 0.3) is 0 Å². The number of ether oxygens (including phenoxy) is 5. The lowest BCUT2D eigenvalue weighted by molar-refractivity contribution is -0.295. The smallest absolute Gasteiger partial charge is 0.410 e. The van der Waals surface area contributed by atoms with E-state index in [1.54, 1.807) is 51.3 Å². The van der Waals surface area contributed by atoms with Crippen molar-refractivity contribution in [1.82, 2.24) is 24.3 Å². The van der Waals surface area contributed by atoms with E-state index in [0.29, 0.717) is 32.4 Å². The number of carbonyl (C=O) groups is 4. The number of hydrogen-bond acceptors (Lipinski definition) is 13. The summed E-state index contributed by atoms with van der Waals surface area (Å²) in [6.07, 6.45) is 4.45. The highest BCUT2D eigenvalue weighted by Crippen LogP contribution is 2.43. The number of Topliss-reactive ketones (excluding diaryl/α,β-unsaturated/α-hetero) is 2. The summed E-state index contributed by atoms with van der Waals surface area (Å²) in [5, 5.41) is 11.4. The number of pyridine rings is 1. The first-order valence-electron chi connectivity index (χ1n) is 20.8.